The van der Waals surface area contributed by atoms with Crippen molar-refractivity contribution in [2.75, 3.05) is 47.4 Å². The number of benzene rings is 2. The van der Waals surface area contributed by atoms with E-state index in [9.17, 15) is 0 Å². The molecule has 2 aromatic heterocycles. The van der Waals surface area contributed by atoms with E-state index in [1.807, 2.05) is 33.4 Å². The van der Waals surface area contributed by atoms with E-state index in [1.165, 1.54) is 0 Å². The third-order valence-corrected chi connectivity index (χ3v) is 5.35. The molecule has 0 radical (unpaired) electrons. The molecule has 0 amide bonds. The van der Waals surface area contributed by atoms with Gasteiger partial charge in [-0.2, -0.15) is 0 Å². The molecule has 1 aliphatic heterocycles. The molecule has 10 nitrogen and oxygen atoms in total. The average molecular weight is 402 g/mol. The van der Waals surface area contributed by atoms with E-state index in [1.54, 1.807) is 25.3 Å². The summed E-state index contributed by atoms with van der Waals surface area (Å²) in [5.41, 5.74) is 17.7. The van der Waals surface area contributed by atoms with Gasteiger partial charge >= 0.3 is 0 Å². The van der Waals surface area contributed by atoms with Crippen molar-refractivity contribution in [3.05, 3.63) is 61.7 Å². The molecule has 4 N–H and O–H groups in total. The summed E-state index contributed by atoms with van der Waals surface area (Å²) in [4.78, 5) is 4.72. The van der Waals surface area contributed by atoms with E-state index in [4.69, 9.17) is 11.5 Å². The number of piperazine rings is 1. The van der Waals surface area contributed by atoms with Gasteiger partial charge in [-0.1, -0.05) is 0 Å². The van der Waals surface area contributed by atoms with Gasteiger partial charge in [0.05, 0.1) is 22.7 Å². The largest absolute Gasteiger partial charge is 0.399 e. The summed E-state index contributed by atoms with van der Waals surface area (Å²) in [5.74, 6) is 0. The number of anilines is 4. The SMILES string of the molecule is Nc1ccc(N2CCN(c3ccc(N)cc3-n3cnnc3)CC2)c(-n2cnnc2)c1. The zero-order valence-corrected chi connectivity index (χ0v) is 16.3. The van der Waals surface area contributed by atoms with Crippen LogP contribution >= 0.6 is 0 Å². The van der Waals surface area contributed by atoms with E-state index in [2.05, 4.69) is 42.3 Å². The maximum Gasteiger partial charge on any atom is 0.123 e. The van der Waals surface area contributed by atoms with Crippen LogP contribution in [0.25, 0.3) is 11.4 Å². The second-order valence-electron chi connectivity index (χ2n) is 7.21. The molecule has 2 aromatic carbocycles. The Balaban J connectivity index is 1.40. The molecule has 0 saturated carbocycles. The van der Waals surface area contributed by atoms with Crippen molar-refractivity contribution in [3.8, 4) is 11.4 Å². The number of nitrogen functional groups attached to an aromatic ring is 2. The van der Waals surface area contributed by atoms with Gasteiger partial charge in [0.15, 0.2) is 0 Å². The second-order valence-corrected chi connectivity index (χ2v) is 7.21. The number of aromatic nitrogens is 6. The van der Waals surface area contributed by atoms with Gasteiger partial charge in [0.1, 0.15) is 25.3 Å². The lowest BCUT2D eigenvalue weighted by atomic mass is 10.1. The first-order chi connectivity index (χ1) is 14.7. The molecule has 4 aromatic rings. The maximum atomic E-state index is 6.03. The average Bonchev–Trinajstić information content (AvgIpc) is 3.48. The fourth-order valence-electron chi connectivity index (χ4n) is 3.87. The Morgan fingerprint density at radius 1 is 0.533 bits per heavy atom. The molecular formula is C20H22N10. The molecule has 1 aliphatic rings. The Bertz CT molecular complexity index is 1040. The number of hydrogen-bond donors (Lipinski definition) is 2. The van der Waals surface area contributed by atoms with Gasteiger partial charge in [-0.25, -0.2) is 0 Å². The molecule has 152 valence electrons. The van der Waals surface area contributed by atoms with Crippen molar-refractivity contribution in [1.82, 2.24) is 29.5 Å². The van der Waals surface area contributed by atoms with Crippen LogP contribution in [0.3, 0.4) is 0 Å². The van der Waals surface area contributed by atoms with Crippen LogP contribution in [-0.4, -0.2) is 55.7 Å². The fraction of sp³-hybridized carbons (Fsp3) is 0.200. The summed E-state index contributed by atoms with van der Waals surface area (Å²) in [6, 6.07) is 11.9. The Labute approximate surface area is 173 Å². The molecule has 0 unspecified atom stereocenters. The fourth-order valence-corrected chi connectivity index (χ4v) is 3.87. The predicted molar refractivity (Wildman–Crippen MR) is 116 cm³/mol. The van der Waals surface area contributed by atoms with Gasteiger partial charge in [-0.3, -0.25) is 9.13 Å². The van der Waals surface area contributed by atoms with Crippen molar-refractivity contribution >= 4 is 22.7 Å². The smallest absolute Gasteiger partial charge is 0.123 e. The van der Waals surface area contributed by atoms with E-state index in [0.717, 1.165) is 48.9 Å². The molecule has 3 heterocycles. The lowest BCUT2D eigenvalue weighted by Gasteiger charge is -2.38. The topological polar surface area (TPSA) is 120 Å². The van der Waals surface area contributed by atoms with Crippen molar-refractivity contribution < 1.29 is 0 Å². The number of hydrogen-bond acceptors (Lipinski definition) is 8. The minimum atomic E-state index is 0.710. The molecule has 1 saturated heterocycles. The summed E-state index contributed by atoms with van der Waals surface area (Å²) in [7, 11) is 0. The third kappa shape index (κ3) is 3.28. The highest BCUT2D eigenvalue weighted by molar-refractivity contribution is 5.70. The molecule has 0 spiro atoms. The number of nitrogens with two attached hydrogens (primary N) is 2. The van der Waals surface area contributed by atoms with Crippen LogP contribution in [0, 0.1) is 0 Å². The minimum Gasteiger partial charge on any atom is -0.399 e. The molecule has 10 heteroatoms. The summed E-state index contributed by atoms with van der Waals surface area (Å²) in [6.07, 6.45) is 6.76. The zero-order chi connectivity index (χ0) is 20.5. The monoisotopic (exact) mass is 402 g/mol. The zero-order valence-electron chi connectivity index (χ0n) is 16.3. The van der Waals surface area contributed by atoms with Crippen LogP contribution in [0.15, 0.2) is 61.7 Å². The van der Waals surface area contributed by atoms with Crippen LogP contribution in [0.1, 0.15) is 0 Å². The van der Waals surface area contributed by atoms with Crippen molar-refractivity contribution in [2.24, 2.45) is 0 Å². The Hall–Kier alpha value is -4.08. The maximum absolute atomic E-state index is 6.03. The Morgan fingerprint density at radius 2 is 0.900 bits per heavy atom. The minimum absolute atomic E-state index is 0.710. The first kappa shape index (κ1) is 18.0. The molecule has 5 rings (SSSR count). The predicted octanol–water partition coefficient (Wildman–Crippen LogP) is 1.34. The molecule has 0 atom stereocenters. The van der Waals surface area contributed by atoms with Crippen LogP contribution in [0.5, 0.6) is 0 Å². The van der Waals surface area contributed by atoms with E-state index < -0.39 is 0 Å². The van der Waals surface area contributed by atoms with Gasteiger partial charge < -0.3 is 21.3 Å². The molecule has 0 aliphatic carbocycles. The van der Waals surface area contributed by atoms with Gasteiger partial charge in [0.25, 0.3) is 0 Å². The highest BCUT2D eigenvalue weighted by Gasteiger charge is 2.22. The Kier molecular flexibility index (Phi) is 4.43. The third-order valence-electron chi connectivity index (χ3n) is 5.35. The number of nitrogens with zero attached hydrogens (tertiary/aromatic N) is 8. The van der Waals surface area contributed by atoms with Gasteiger partial charge in [-0.15, -0.1) is 20.4 Å². The summed E-state index contributed by atoms with van der Waals surface area (Å²) < 4.78 is 3.78. The molecular weight excluding hydrogens is 380 g/mol. The van der Waals surface area contributed by atoms with Crippen LogP contribution in [-0.2, 0) is 0 Å². The summed E-state index contributed by atoms with van der Waals surface area (Å²) >= 11 is 0. The highest BCUT2D eigenvalue weighted by atomic mass is 15.3. The van der Waals surface area contributed by atoms with Crippen LogP contribution < -0.4 is 21.3 Å². The standard InChI is InChI=1S/C20H22N10/c21-15-1-3-17(19(9-15)29-11-23-24-12-29)27-5-7-28(8-6-27)18-4-2-16(22)10-20(18)30-13-25-26-14-30/h1-4,9-14H,5-8,21-22H2. The molecule has 0 bridgehead atoms. The van der Waals surface area contributed by atoms with Crippen molar-refractivity contribution in [3.63, 3.8) is 0 Å². The van der Waals surface area contributed by atoms with E-state index in [-0.39, 0.29) is 0 Å². The van der Waals surface area contributed by atoms with Crippen LogP contribution in [0.4, 0.5) is 22.7 Å². The second kappa shape index (κ2) is 7.39. The van der Waals surface area contributed by atoms with Crippen molar-refractivity contribution in [2.45, 2.75) is 0 Å². The molecule has 1 fully saturated rings. The van der Waals surface area contributed by atoms with Gasteiger partial charge in [0, 0.05) is 37.6 Å². The summed E-state index contributed by atoms with van der Waals surface area (Å²) in [6.45, 7) is 3.46. The van der Waals surface area contributed by atoms with Gasteiger partial charge in [0.2, 0.25) is 0 Å². The lowest BCUT2D eigenvalue weighted by Crippen LogP contribution is -2.47. The molecule has 30 heavy (non-hydrogen) atoms. The van der Waals surface area contributed by atoms with Crippen LogP contribution in [0.2, 0.25) is 0 Å². The highest BCUT2D eigenvalue weighted by Crippen LogP contribution is 2.31. The first-order valence-electron chi connectivity index (χ1n) is 9.68. The summed E-state index contributed by atoms with van der Waals surface area (Å²) in [5, 5.41) is 15.7. The Morgan fingerprint density at radius 3 is 1.27 bits per heavy atom. The van der Waals surface area contributed by atoms with Gasteiger partial charge in [-0.05, 0) is 36.4 Å². The number of rotatable bonds is 4. The van der Waals surface area contributed by atoms with Crippen molar-refractivity contribution in [1.29, 1.82) is 0 Å². The quantitative estimate of drug-likeness (QED) is 0.491. The first-order valence-corrected chi connectivity index (χ1v) is 9.68. The van der Waals surface area contributed by atoms with E-state index >= 15 is 0 Å². The normalized spacial score (nSPS) is 14.3. The van der Waals surface area contributed by atoms with E-state index in [0.29, 0.717) is 11.4 Å². The lowest BCUT2D eigenvalue weighted by molar-refractivity contribution is 0.651.